The second-order valence-electron chi connectivity index (χ2n) is 2.91. The average molecular weight is 302 g/mol. The van der Waals surface area contributed by atoms with Crippen molar-refractivity contribution in [3.63, 3.8) is 0 Å². The first-order valence-corrected chi connectivity index (χ1v) is 6.23. The first kappa shape index (κ1) is 11.4. The number of halogens is 1. The van der Waals surface area contributed by atoms with Crippen LogP contribution in [0.15, 0.2) is 10.8 Å². The predicted molar refractivity (Wildman–Crippen MR) is 63.2 cm³/mol. The topological polar surface area (TPSA) is 65.0 Å². The number of carbonyl (C=O) groups is 1. The van der Waals surface area contributed by atoms with Crippen LogP contribution in [0.3, 0.4) is 0 Å². The van der Waals surface area contributed by atoms with E-state index in [0.717, 1.165) is 0 Å². The Bertz CT molecular complexity index is 528. The molecule has 0 saturated carbocycles. The summed E-state index contributed by atoms with van der Waals surface area (Å²) in [7, 11) is 0. The van der Waals surface area contributed by atoms with Crippen LogP contribution in [-0.4, -0.2) is 27.5 Å². The third-order valence-corrected chi connectivity index (χ3v) is 3.06. The number of nitrogens with zero attached hydrogens (tertiary/aromatic N) is 3. The Balaban J connectivity index is 2.23. The Hall–Kier alpha value is -1.08. The molecule has 5 nitrogen and oxygen atoms in total. The van der Waals surface area contributed by atoms with E-state index in [1.807, 2.05) is 0 Å². The van der Waals surface area contributed by atoms with E-state index in [4.69, 9.17) is 4.74 Å². The molecule has 2 aromatic rings. The van der Waals surface area contributed by atoms with E-state index in [9.17, 15) is 4.79 Å². The van der Waals surface area contributed by atoms with Gasteiger partial charge in [-0.3, -0.25) is 4.79 Å². The van der Waals surface area contributed by atoms with Crippen molar-refractivity contribution >= 4 is 43.7 Å². The first-order chi connectivity index (χ1) is 7.69. The molecule has 0 amide bonds. The van der Waals surface area contributed by atoms with Gasteiger partial charge in [-0.1, -0.05) is 11.3 Å². The maximum Gasteiger partial charge on any atom is 0.312 e. The summed E-state index contributed by atoms with van der Waals surface area (Å²) in [6.45, 7) is 2.16. The number of fused-ring (bicyclic) bond motifs is 1. The number of thiazole rings is 1. The van der Waals surface area contributed by atoms with Gasteiger partial charge >= 0.3 is 5.97 Å². The van der Waals surface area contributed by atoms with Crippen LogP contribution >= 0.6 is 27.3 Å². The molecule has 7 heteroatoms. The molecule has 0 aliphatic carbocycles. The van der Waals surface area contributed by atoms with E-state index < -0.39 is 0 Å². The lowest BCUT2D eigenvalue weighted by Gasteiger charge is -1.96. The molecule has 0 radical (unpaired) electrons. The lowest BCUT2D eigenvalue weighted by atomic mass is 10.4. The monoisotopic (exact) mass is 301 g/mol. The zero-order valence-electron chi connectivity index (χ0n) is 8.44. The van der Waals surface area contributed by atoms with Crippen molar-refractivity contribution in [3.05, 3.63) is 15.8 Å². The van der Waals surface area contributed by atoms with Gasteiger partial charge in [-0.05, 0) is 22.9 Å². The fourth-order valence-corrected chi connectivity index (χ4v) is 2.43. The van der Waals surface area contributed by atoms with Crippen LogP contribution < -0.4 is 0 Å². The second-order valence-corrected chi connectivity index (χ2v) is 4.79. The molecule has 0 saturated heterocycles. The van der Waals surface area contributed by atoms with Crippen LogP contribution in [0.1, 0.15) is 11.9 Å². The van der Waals surface area contributed by atoms with Crippen molar-refractivity contribution in [2.45, 2.75) is 13.3 Å². The summed E-state index contributed by atoms with van der Waals surface area (Å²) in [4.78, 5) is 24.5. The summed E-state index contributed by atoms with van der Waals surface area (Å²) in [6.07, 6.45) is 1.75. The summed E-state index contributed by atoms with van der Waals surface area (Å²) in [5, 5.41) is 0.673. The van der Waals surface area contributed by atoms with Crippen LogP contribution in [0.2, 0.25) is 0 Å². The molecule has 84 valence electrons. The minimum absolute atomic E-state index is 0.175. The Morgan fingerprint density at radius 2 is 2.38 bits per heavy atom. The van der Waals surface area contributed by atoms with E-state index in [0.29, 0.717) is 26.7 Å². The number of rotatable bonds is 3. The molecule has 2 aromatic heterocycles. The standard InChI is InChI=1S/C9H8BrN3O2S/c1-2-15-7(14)3-6-13-8-9(16-6)12-5(10)4-11-8/h4H,2-3H2,1H3. The molecule has 0 bridgehead atoms. The van der Waals surface area contributed by atoms with Crippen LogP contribution in [0.4, 0.5) is 0 Å². The number of ether oxygens (including phenoxy) is 1. The molecular formula is C9H8BrN3O2S. The molecule has 16 heavy (non-hydrogen) atoms. The van der Waals surface area contributed by atoms with Crippen molar-refractivity contribution in [3.8, 4) is 0 Å². The highest BCUT2D eigenvalue weighted by Gasteiger charge is 2.11. The molecule has 0 spiro atoms. The van der Waals surface area contributed by atoms with Crippen molar-refractivity contribution < 1.29 is 9.53 Å². The largest absolute Gasteiger partial charge is 0.466 e. The highest BCUT2D eigenvalue weighted by Crippen LogP contribution is 2.20. The van der Waals surface area contributed by atoms with Gasteiger partial charge in [0.25, 0.3) is 0 Å². The van der Waals surface area contributed by atoms with Crippen molar-refractivity contribution in [2.75, 3.05) is 6.61 Å². The smallest absolute Gasteiger partial charge is 0.312 e. The Morgan fingerprint density at radius 1 is 1.56 bits per heavy atom. The number of carbonyl (C=O) groups excluding carboxylic acids is 1. The normalized spacial score (nSPS) is 10.6. The third kappa shape index (κ3) is 2.53. The van der Waals surface area contributed by atoms with Crippen LogP contribution in [0, 0.1) is 0 Å². The van der Waals surface area contributed by atoms with E-state index in [2.05, 4.69) is 30.9 Å². The van der Waals surface area contributed by atoms with Gasteiger partial charge in [0.1, 0.15) is 9.61 Å². The van der Waals surface area contributed by atoms with Gasteiger partial charge < -0.3 is 4.74 Å². The highest BCUT2D eigenvalue weighted by molar-refractivity contribution is 9.10. The van der Waals surface area contributed by atoms with Gasteiger partial charge in [-0.25, -0.2) is 15.0 Å². The number of esters is 1. The second kappa shape index (κ2) is 4.84. The minimum atomic E-state index is -0.277. The zero-order chi connectivity index (χ0) is 11.5. The Kier molecular flexibility index (Phi) is 3.45. The fraction of sp³-hybridized carbons (Fsp3) is 0.333. The summed E-state index contributed by atoms with van der Waals surface area (Å²) in [5.41, 5.74) is 0.562. The third-order valence-electron chi connectivity index (χ3n) is 1.74. The number of hydrogen-bond donors (Lipinski definition) is 0. The summed E-state index contributed by atoms with van der Waals surface area (Å²) < 4.78 is 5.50. The SMILES string of the molecule is CCOC(=O)Cc1nc2ncc(Br)nc2s1. The number of hydrogen-bond acceptors (Lipinski definition) is 6. The quantitative estimate of drug-likeness (QED) is 0.811. The zero-order valence-corrected chi connectivity index (χ0v) is 10.8. The van der Waals surface area contributed by atoms with Crippen molar-refractivity contribution in [1.82, 2.24) is 15.0 Å². The average Bonchev–Trinajstić information content (AvgIpc) is 2.59. The van der Waals surface area contributed by atoms with Crippen LogP contribution in [0.5, 0.6) is 0 Å². The molecule has 0 aromatic carbocycles. The van der Waals surface area contributed by atoms with Gasteiger partial charge in [0.2, 0.25) is 0 Å². The van der Waals surface area contributed by atoms with Crippen LogP contribution in [-0.2, 0) is 16.0 Å². The molecule has 0 unspecified atom stereocenters. The first-order valence-electron chi connectivity index (χ1n) is 4.62. The van der Waals surface area contributed by atoms with E-state index >= 15 is 0 Å². The number of aromatic nitrogens is 3. The maximum atomic E-state index is 11.3. The Labute approximate surface area is 104 Å². The van der Waals surface area contributed by atoms with E-state index in [1.54, 1.807) is 13.1 Å². The highest BCUT2D eigenvalue weighted by atomic mass is 79.9. The molecule has 0 N–H and O–H groups in total. The minimum Gasteiger partial charge on any atom is -0.466 e. The summed E-state index contributed by atoms with van der Waals surface area (Å²) in [5.74, 6) is -0.277. The summed E-state index contributed by atoms with van der Waals surface area (Å²) in [6, 6.07) is 0. The van der Waals surface area contributed by atoms with Crippen molar-refractivity contribution in [2.24, 2.45) is 0 Å². The molecule has 2 heterocycles. The molecule has 0 aliphatic rings. The molecular weight excluding hydrogens is 294 g/mol. The van der Waals surface area contributed by atoms with E-state index in [-0.39, 0.29) is 12.4 Å². The van der Waals surface area contributed by atoms with Gasteiger partial charge in [0, 0.05) is 0 Å². The Morgan fingerprint density at radius 3 is 3.12 bits per heavy atom. The van der Waals surface area contributed by atoms with Crippen LogP contribution in [0.25, 0.3) is 10.5 Å². The predicted octanol–water partition coefficient (Wildman–Crippen LogP) is 1.95. The van der Waals surface area contributed by atoms with E-state index in [1.165, 1.54) is 11.3 Å². The van der Waals surface area contributed by atoms with Gasteiger partial charge in [0.05, 0.1) is 19.2 Å². The summed E-state index contributed by atoms with van der Waals surface area (Å²) >= 11 is 4.58. The van der Waals surface area contributed by atoms with Gasteiger partial charge in [-0.2, -0.15) is 0 Å². The van der Waals surface area contributed by atoms with Crippen molar-refractivity contribution in [1.29, 1.82) is 0 Å². The molecule has 0 fully saturated rings. The fourth-order valence-electron chi connectivity index (χ4n) is 1.15. The molecule has 0 aliphatic heterocycles. The lowest BCUT2D eigenvalue weighted by molar-refractivity contribution is -0.142. The van der Waals surface area contributed by atoms with Gasteiger partial charge in [0.15, 0.2) is 10.5 Å². The lowest BCUT2D eigenvalue weighted by Crippen LogP contribution is -2.06. The molecule has 2 rings (SSSR count). The molecule has 0 atom stereocenters. The maximum absolute atomic E-state index is 11.3. The van der Waals surface area contributed by atoms with Gasteiger partial charge in [-0.15, -0.1) is 0 Å².